The van der Waals surface area contributed by atoms with Crippen molar-refractivity contribution in [1.82, 2.24) is 14.9 Å². The summed E-state index contributed by atoms with van der Waals surface area (Å²) in [6.07, 6.45) is 4.08. The number of hydrogen-bond acceptors (Lipinski definition) is 5. The smallest absolute Gasteiger partial charge is 0.181 e. The van der Waals surface area contributed by atoms with Crippen LogP contribution in [0.3, 0.4) is 0 Å². The molecule has 6 nitrogen and oxygen atoms in total. The van der Waals surface area contributed by atoms with Gasteiger partial charge in [-0.25, -0.2) is 4.98 Å². The van der Waals surface area contributed by atoms with E-state index in [1.54, 1.807) is 12.5 Å². The Morgan fingerprint density at radius 2 is 2.18 bits per heavy atom. The van der Waals surface area contributed by atoms with Gasteiger partial charge in [-0.05, 0) is 5.56 Å². The quantitative estimate of drug-likeness (QED) is 0.870. The van der Waals surface area contributed by atoms with Gasteiger partial charge in [-0.15, -0.1) is 0 Å². The third-order valence-corrected chi connectivity index (χ3v) is 4.38. The molecule has 0 radical (unpaired) electrons. The lowest BCUT2D eigenvalue weighted by molar-refractivity contribution is -0.165. The van der Waals surface area contributed by atoms with E-state index < -0.39 is 12.4 Å². The highest BCUT2D eigenvalue weighted by atomic mass is 16.7. The van der Waals surface area contributed by atoms with Crippen LogP contribution in [-0.2, 0) is 16.0 Å². The molecule has 2 aliphatic rings. The van der Waals surface area contributed by atoms with Crippen LogP contribution in [0, 0.1) is 0 Å². The standard InChI is InChI=1S/C16H19N3O3/c20-15-13(18-8-11-4-2-1-3-5-11)12-9-21-16(22-12)14(15)19-7-6-17-10-19/h1-7,10,12-16,18,20H,8-9H2. The normalized spacial score (nSPS) is 34.0. The van der Waals surface area contributed by atoms with Crippen molar-refractivity contribution in [1.29, 1.82) is 0 Å². The number of nitrogens with one attached hydrogen (secondary N) is 1. The molecule has 2 aromatic rings. The van der Waals surface area contributed by atoms with Gasteiger partial charge in [0.15, 0.2) is 6.29 Å². The summed E-state index contributed by atoms with van der Waals surface area (Å²) >= 11 is 0. The van der Waals surface area contributed by atoms with Crippen LogP contribution in [0.4, 0.5) is 0 Å². The summed E-state index contributed by atoms with van der Waals surface area (Å²) in [7, 11) is 0. The third-order valence-electron chi connectivity index (χ3n) is 4.38. The summed E-state index contributed by atoms with van der Waals surface area (Å²) in [4.78, 5) is 4.05. The monoisotopic (exact) mass is 301 g/mol. The lowest BCUT2D eigenvalue weighted by atomic mass is 9.95. The first kappa shape index (κ1) is 13.9. The summed E-state index contributed by atoms with van der Waals surface area (Å²) < 4.78 is 13.5. The SMILES string of the molecule is OC1C(NCc2ccccc2)C2COC(O2)C1n1ccnc1. The zero-order valence-corrected chi connectivity index (χ0v) is 12.1. The van der Waals surface area contributed by atoms with Crippen molar-refractivity contribution in [3.8, 4) is 0 Å². The minimum absolute atomic E-state index is 0.122. The number of imidazole rings is 1. The van der Waals surface area contributed by atoms with E-state index in [0.29, 0.717) is 13.2 Å². The molecule has 5 unspecified atom stereocenters. The number of nitrogens with zero attached hydrogens (tertiary/aromatic N) is 2. The molecule has 0 spiro atoms. The van der Waals surface area contributed by atoms with Crippen LogP contribution < -0.4 is 5.32 Å². The molecule has 6 heteroatoms. The van der Waals surface area contributed by atoms with Gasteiger partial charge in [0.25, 0.3) is 0 Å². The maximum atomic E-state index is 10.8. The Hall–Kier alpha value is -1.73. The van der Waals surface area contributed by atoms with Gasteiger partial charge in [0.2, 0.25) is 0 Å². The van der Waals surface area contributed by atoms with Gasteiger partial charge in [0, 0.05) is 18.9 Å². The maximum Gasteiger partial charge on any atom is 0.181 e. The zero-order chi connectivity index (χ0) is 14.9. The van der Waals surface area contributed by atoms with E-state index in [1.165, 1.54) is 5.56 Å². The first-order chi connectivity index (χ1) is 10.8. The summed E-state index contributed by atoms with van der Waals surface area (Å²) in [6, 6.07) is 9.67. The van der Waals surface area contributed by atoms with Crippen LogP contribution in [-0.4, -0.2) is 45.8 Å². The summed E-state index contributed by atoms with van der Waals surface area (Å²) in [6.45, 7) is 1.18. The van der Waals surface area contributed by atoms with Crippen LogP contribution >= 0.6 is 0 Å². The third kappa shape index (κ3) is 2.44. The van der Waals surface area contributed by atoms with Crippen LogP contribution in [0.2, 0.25) is 0 Å². The maximum absolute atomic E-state index is 10.8. The van der Waals surface area contributed by atoms with Gasteiger partial charge in [-0.3, -0.25) is 0 Å². The molecule has 0 aliphatic carbocycles. The van der Waals surface area contributed by atoms with E-state index in [0.717, 1.165) is 0 Å². The molecular weight excluding hydrogens is 282 g/mol. The van der Waals surface area contributed by atoms with Gasteiger partial charge in [0.05, 0.1) is 25.1 Å². The second kappa shape index (κ2) is 5.81. The molecule has 0 amide bonds. The predicted octanol–water partition coefficient (Wildman–Crippen LogP) is 0.699. The summed E-state index contributed by atoms with van der Waals surface area (Å²) in [5, 5.41) is 14.2. The highest BCUT2D eigenvalue weighted by molar-refractivity contribution is 5.15. The number of hydrogen-bond donors (Lipinski definition) is 2. The highest BCUT2D eigenvalue weighted by Crippen LogP contribution is 2.35. The Balaban J connectivity index is 1.51. The molecule has 4 rings (SSSR count). The molecule has 2 N–H and O–H groups in total. The van der Waals surface area contributed by atoms with Crippen LogP contribution in [0.15, 0.2) is 49.1 Å². The molecule has 116 valence electrons. The Morgan fingerprint density at radius 3 is 2.95 bits per heavy atom. The Bertz CT molecular complexity index is 604. The van der Waals surface area contributed by atoms with Crippen LogP contribution in [0.5, 0.6) is 0 Å². The second-order valence-electron chi connectivity index (χ2n) is 5.76. The number of aliphatic hydroxyl groups is 1. The van der Waals surface area contributed by atoms with Gasteiger partial charge in [-0.2, -0.15) is 0 Å². The first-order valence-corrected chi connectivity index (χ1v) is 7.53. The van der Waals surface area contributed by atoms with Gasteiger partial charge in [-0.1, -0.05) is 30.3 Å². The molecule has 5 atom stereocenters. The van der Waals surface area contributed by atoms with Crippen molar-refractivity contribution in [3.05, 3.63) is 54.6 Å². The lowest BCUT2D eigenvalue weighted by Crippen LogP contribution is -2.57. The lowest BCUT2D eigenvalue weighted by Gasteiger charge is -2.39. The molecular formula is C16H19N3O3. The molecule has 2 bridgehead atoms. The van der Waals surface area contributed by atoms with Gasteiger partial charge >= 0.3 is 0 Å². The second-order valence-corrected chi connectivity index (χ2v) is 5.76. The minimum atomic E-state index is -0.593. The fourth-order valence-corrected chi connectivity index (χ4v) is 3.25. The Kier molecular flexibility index (Phi) is 3.67. The molecule has 1 aromatic heterocycles. The van der Waals surface area contributed by atoms with E-state index in [1.807, 2.05) is 29.0 Å². The number of benzene rings is 1. The predicted molar refractivity (Wildman–Crippen MR) is 79.0 cm³/mol. The van der Waals surface area contributed by atoms with E-state index >= 15 is 0 Å². The fourth-order valence-electron chi connectivity index (χ4n) is 3.25. The largest absolute Gasteiger partial charge is 0.389 e. The summed E-state index contributed by atoms with van der Waals surface area (Å²) in [5.41, 5.74) is 1.18. The number of fused-ring (bicyclic) bond motifs is 2. The molecule has 3 heterocycles. The van der Waals surface area contributed by atoms with Crippen molar-refractivity contribution in [2.75, 3.05) is 6.61 Å². The van der Waals surface area contributed by atoms with Crippen molar-refractivity contribution in [3.63, 3.8) is 0 Å². The highest BCUT2D eigenvalue weighted by Gasteiger charge is 2.50. The number of aromatic nitrogens is 2. The number of rotatable bonds is 4. The molecule has 2 fully saturated rings. The number of ether oxygens (including phenoxy) is 2. The molecule has 0 saturated carbocycles. The average Bonchev–Trinajstić information content (AvgIpc) is 3.20. The van der Waals surface area contributed by atoms with Crippen molar-refractivity contribution >= 4 is 0 Å². The van der Waals surface area contributed by atoms with Gasteiger partial charge < -0.3 is 24.5 Å². The summed E-state index contributed by atoms with van der Waals surface area (Å²) in [5.74, 6) is 0. The molecule has 2 aliphatic heterocycles. The van der Waals surface area contributed by atoms with Crippen molar-refractivity contribution in [2.45, 2.75) is 37.1 Å². The van der Waals surface area contributed by atoms with Crippen molar-refractivity contribution < 1.29 is 14.6 Å². The van der Waals surface area contributed by atoms with Crippen molar-refractivity contribution in [2.24, 2.45) is 0 Å². The average molecular weight is 301 g/mol. The Morgan fingerprint density at radius 1 is 1.32 bits per heavy atom. The van der Waals surface area contributed by atoms with E-state index in [2.05, 4.69) is 22.4 Å². The van der Waals surface area contributed by atoms with Crippen LogP contribution in [0.25, 0.3) is 0 Å². The molecule has 1 aromatic carbocycles. The van der Waals surface area contributed by atoms with E-state index in [9.17, 15) is 5.11 Å². The van der Waals surface area contributed by atoms with Gasteiger partial charge in [0.1, 0.15) is 12.1 Å². The molecule has 2 saturated heterocycles. The van der Waals surface area contributed by atoms with Crippen LogP contribution in [0.1, 0.15) is 11.6 Å². The number of aliphatic hydroxyl groups excluding tert-OH is 1. The Labute approximate surface area is 128 Å². The minimum Gasteiger partial charge on any atom is -0.389 e. The fraction of sp³-hybridized carbons (Fsp3) is 0.438. The topological polar surface area (TPSA) is 68.5 Å². The first-order valence-electron chi connectivity index (χ1n) is 7.53. The van der Waals surface area contributed by atoms with E-state index in [-0.39, 0.29) is 18.2 Å². The van der Waals surface area contributed by atoms with E-state index in [4.69, 9.17) is 9.47 Å². The molecule has 22 heavy (non-hydrogen) atoms. The zero-order valence-electron chi connectivity index (χ0n) is 12.1.